The number of rotatable bonds is 8. The van der Waals surface area contributed by atoms with E-state index in [1.807, 2.05) is 0 Å². The molecule has 124 valence electrons. The van der Waals surface area contributed by atoms with Crippen LogP contribution in [0, 0.1) is 0 Å². The molecule has 2 N–H and O–H groups in total. The van der Waals surface area contributed by atoms with E-state index in [0.717, 1.165) is 11.5 Å². The van der Waals surface area contributed by atoms with E-state index in [2.05, 4.69) is 48.5 Å². The molecule has 2 rings (SSSR count). The fraction of sp³-hybridized carbons (Fsp3) is 0.333. The summed E-state index contributed by atoms with van der Waals surface area (Å²) in [5, 5.41) is 18.6. The van der Waals surface area contributed by atoms with Crippen LogP contribution in [0.25, 0.3) is 0 Å². The first-order valence-corrected chi connectivity index (χ1v) is 10.3. The van der Waals surface area contributed by atoms with Crippen LogP contribution in [-0.2, 0) is 0 Å². The van der Waals surface area contributed by atoms with Gasteiger partial charge in [0, 0.05) is 31.1 Å². The first-order chi connectivity index (χ1) is 11.0. The van der Waals surface area contributed by atoms with E-state index in [-0.39, 0.29) is 12.2 Å². The number of benzene rings is 2. The van der Waals surface area contributed by atoms with Gasteiger partial charge >= 0.3 is 0 Å². The summed E-state index contributed by atoms with van der Waals surface area (Å²) in [6, 6.07) is 16.9. The molecule has 0 spiro atoms. The van der Waals surface area contributed by atoms with Gasteiger partial charge in [0.1, 0.15) is 0 Å². The summed E-state index contributed by atoms with van der Waals surface area (Å²) < 4.78 is 0. The second-order valence-electron chi connectivity index (χ2n) is 5.36. The number of thioether (sulfide) groups is 2. The van der Waals surface area contributed by atoms with Crippen LogP contribution in [0.2, 0.25) is 0 Å². The molecular formula is C18H22O2S3. The van der Waals surface area contributed by atoms with Gasteiger partial charge in [0.25, 0.3) is 0 Å². The van der Waals surface area contributed by atoms with Crippen molar-refractivity contribution >= 4 is 35.3 Å². The molecule has 0 fully saturated rings. The summed E-state index contributed by atoms with van der Waals surface area (Å²) in [5.74, 6) is 1.44. The maximum atomic E-state index is 9.31. The minimum atomic E-state index is -0.278. The summed E-state index contributed by atoms with van der Waals surface area (Å²) >= 11 is 5.08. The lowest BCUT2D eigenvalue weighted by Gasteiger charge is -2.07. The minimum Gasteiger partial charge on any atom is -0.393 e. The Bertz CT molecular complexity index is 527. The zero-order valence-electron chi connectivity index (χ0n) is 13.3. The smallest absolute Gasteiger partial charge is 0.0606 e. The topological polar surface area (TPSA) is 40.5 Å². The highest BCUT2D eigenvalue weighted by molar-refractivity contribution is 8.00. The Labute approximate surface area is 151 Å². The Kier molecular flexibility index (Phi) is 7.86. The molecule has 0 bridgehead atoms. The zero-order chi connectivity index (χ0) is 16.7. The molecule has 2 aromatic carbocycles. The lowest BCUT2D eigenvalue weighted by molar-refractivity contribution is 0.220. The van der Waals surface area contributed by atoms with Crippen molar-refractivity contribution < 1.29 is 10.2 Å². The third kappa shape index (κ3) is 7.23. The van der Waals surface area contributed by atoms with Gasteiger partial charge in [-0.15, -0.1) is 23.5 Å². The molecule has 0 aliphatic rings. The highest BCUT2D eigenvalue weighted by Gasteiger charge is 2.02. The minimum absolute atomic E-state index is 0.278. The normalized spacial score (nSPS) is 13.7. The van der Waals surface area contributed by atoms with Crippen LogP contribution in [-0.4, -0.2) is 33.9 Å². The van der Waals surface area contributed by atoms with E-state index in [1.165, 1.54) is 19.6 Å². The first kappa shape index (κ1) is 18.7. The molecule has 0 saturated carbocycles. The molecule has 5 heteroatoms. The van der Waals surface area contributed by atoms with E-state index in [9.17, 15) is 10.2 Å². The fourth-order valence-electron chi connectivity index (χ4n) is 1.78. The lowest BCUT2D eigenvalue weighted by atomic mass is 10.4. The predicted molar refractivity (Wildman–Crippen MR) is 102 cm³/mol. The molecule has 23 heavy (non-hydrogen) atoms. The van der Waals surface area contributed by atoms with Gasteiger partial charge in [0.05, 0.1) is 12.2 Å². The Morgan fingerprint density at radius 3 is 1.26 bits per heavy atom. The fourth-order valence-corrected chi connectivity index (χ4v) is 4.12. The van der Waals surface area contributed by atoms with E-state index < -0.39 is 0 Å². The molecule has 2 unspecified atom stereocenters. The molecule has 0 heterocycles. The van der Waals surface area contributed by atoms with Crippen LogP contribution in [0.15, 0.2) is 68.1 Å². The first-order valence-electron chi connectivity index (χ1n) is 7.52. The van der Waals surface area contributed by atoms with Crippen molar-refractivity contribution in [3.8, 4) is 0 Å². The lowest BCUT2D eigenvalue weighted by Crippen LogP contribution is -2.02. The van der Waals surface area contributed by atoms with Crippen molar-refractivity contribution in [2.45, 2.75) is 45.6 Å². The van der Waals surface area contributed by atoms with Crippen molar-refractivity contribution in [1.29, 1.82) is 0 Å². The van der Waals surface area contributed by atoms with Gasteiger partial charge < -0.3 is 10.2 Å². The van der Waals surface area contributed by atoms with Crippen LogP contribution >= 0.6 is 35.3 Å². The van der Waals surface area contributed by atoms with E-state index in [4.69, 9.17) is 0 Å². The van der Waals surface area contributed by atoms with Crippen LogP contribution in [0.3, 0.4) is 0 Å². The van der Waals surface area contributed by atoms with E-state index in [0.29, 0.717) is 0 Å². The van der Waals surface area contributed by atoms with E-state index >= 15 is 0 Å². The van der Waals surface area contributed by atoms with Gasteiger partial charge in [-0.2, -0.15) is 0 Å². The molecule has 2 nitrogen and oxygen atoms in total. The van der Waals surface area contributed by atoms with Crippen LogP contribution in [0.4, 0.5) is 0 Å². The van der Waals surface area contributed by atoms with Crippen molar-refractivity contribution in [3.63, 3.8) is 0 Å². The summed E-state index contributed by atoms with van der Waals surface area (Å²) in [4.78, 5) is 4.77. The average Bonchev–Trinajstić information content (AvgIpc) is 2.53. The highest BCUT2D eigenvalue weighted by atomic mass is 32.2. The molecule has 0 amide bonds. The summed E-state index contributed by atoms with van der Waals surface area (Å²) in [6.07, 6.45) is -0.557. The Balaban J connectivity index is 1.88. The molecule has 0 aliphatic carbocycles. The third-order valence-electron chi connectivity index (χ3n) is 2.87. The molecular weight excluding hydrogens is 344 g/mol. The number of hydrogen-bond acceptors (Lipinski definition) is 5. The maximum absolute atomic E-state index is 9.31. The van der Waals surface area contributed by atoms with Gasteiger partial charge in [-0.25, -0.2) is 0 Å². The maximum Gasteiger partial charge on any atom is 0.0606 e. The standard InChI is InChI=1S/C18H22O2S3/c1-13(19)11-21-15-3-7-17(8-4-15)23-18-9-5-16(6-10-18)22-12-14(2)20/h3-10,13-14,19-20H,11-12H2,1-2H3. The van der Waals surface area contributed by atoms with E-state index in [1.54, 1.807) is 49.1 Å². The summed E-state index contributed by atoms with van der Waals surface area (Å²) in [7, 11) is 0. The molecule has 0 radical (unpaired) electrons. The van der Waals surface area contributed by atoms with Gasteiger partial charge in [-0.1, -0.05) is 11.8 Å². The van der Waals surface area contributed by atoms with Gasteiger partial charge in [0.2, 0.25) is 0 Å². The molecule has 2 atom stereocenters. The molecule has 0 aliphatic heterocycles. The Morgan fingerprint density at radius 2 is 0.957 bits per heavy atom. The van der Waals surface area contributed by atoms with Gasteiger partial charge in [-0.05, 0) is 62.4 Å². The van der Waals surface area contributed by atoms with Crippen molar-refractivity contribution in [3.05, 3.63) is 48.5 Å². The molecule has 0 saturated heterocycles. The number of aliphatic hydroxyl groups excluding tert-OH is 2. The van der Waals surface area contributed by atoms with Crippen LogP contribution < -0.4 is 0 Å². The predicted octanol–water partition coefficient (Wildman–Crippen LogP) is 4.78. The number of aliphatic hydroxyl groups is 2. The monoisotopic (exact) mass is 366 g/mol. The zero-order valence-corrected chi connectivity index (χ0v) is 15.8. The Hall–Kier alpha value is -0.590. The average molecular weight is 367 g/mol. The second kappa shape index (κ2) is 9.64. The second-order valence-corrected chi connectivity index (χ2v) is 8.70. The highest BCUT2D eigenvalue weighted by Crippen LogP contribution is 2.31. The van der Waals surface area contributed by atoms with Crippen LogP contribution in [0.1, 0.15) is 13.8 Å². The van der Waals surface area contributed by atoms with Crippen LogP contribution in [0.5, 0.6) is 0 Å². The van der Waals surface area contributed by atoms with Crippen molar-refractivity contribution in [1.82, 2.24) is 0 Å². The quantitative estimate of drug-likeness (QED) is 0.658. The van der Waals surface area contributed by atoms with Crippen molar-refractivity contribution in [2.75, 3.05) is 11.5 Å². The van der Waals surface area contributed by atoms with Crippen molar-refractivity contribution in [2.24, 2.45) is 0 Å². The summed E-state index contributed by atoms with van der Waals surface area (Å²) in [5.41, 5.74) is 0. The SMILES string of the molecule is CC(O)CSc1ccc(Sc2ccc(SCC(C)O)cc2)cc1. The largest absolute Gasteiger partial charge is 0.393 e. The third-order valence-corrected chi connectivity index (χ3v) is 6.39. The summed E-state index contributed by atoms with van der Waals surface area (Å²) in [6.45, 7) is 3.61. The molecule has 0 aromatic heterocycles. The number of hydrogen-bond donors (Lipinski definition) is 2. The van der Waals surface area contributed by atoms with Gasteiger partial charge in [-0.3, -0.25) is 0 Å². The molecule has 2 aromatic rings. The van der Waals surface area contributed by atoms with Gasteiger partial charge in [0.15, 0.2) is 0 Å². The Morgan fingerprint density at radius 1 is 0.652 bits per heavy atom.